The lowest BCUT2D eigenvalue weighted by Crippen LogP contribution is -2.37. The number of benzene rings is 1. The summed E-state index contributed by atoms with van der Waals surface area (Å²) in [7, 11) is -2.13. The molecule has 0 aliphatic rings. The Morgan fingerprint density at radius 2 is 2.10 bits per heavy atom. The molecule has 1 aromatic rings. The van der Waals surface area contributed by atoms with Gasteiger partial charge in [-0.3, -0.25) is 0 Å². The smallest absolute Gasteiger partial charge is 0.243 e. The molecule has 6 heteroatoms. The summed E-state index contributed by atoms with van der Waals surface area (Å²) in [6.45, 7) is 7.36. The number of hydrogen-bond donors (Lipinski definition) is 1. The largest absolute Gasteiger partial charge is 0.497 e. The third-order valence-corrected chi connectivity index (χ3v) is 5.26. The van der Waals surface area contributed by atoms with E-state index in [1.807, 2.05) is 13.8 Å². The van der Waals surface area contributed by atoms with Gasteiger partial charge in [0.2, 0.25) is 10.0 Å². The molecular formula is C15H23NO4S. The van der Waals surface area contributed by atoms with Crippen LogP contribution in [0.15, 0.2) is 35.7 Å². The van der Waals surface area contributed by atoms with Crippen LogP contribution in [0.3, 0.4) is 0 Å². The fraction of sp³-hybridized carbons (Fsp3) is 0.467. The molecule has 0 aliphatic carbocycles. The minimum absolute atomic E-state index is 0.126. The van der Waals surface area contributed by atoms with E-state index in [-0.39, 0.29) is 30.5 Å². The van der Waals surface area contributed by atoms with E-state index in [4.69, 9.17) is 9.84 Å². The summed E-state index contributed by atoms with van der Waals surface area (Å²) in [5.74, 6) is 0.567. The zero-order chi connectivity index (χ0) is 16.0. The van der Waals surface area contributed by atoms with Gasteiger partial charge in [0, 0.05) is 19.2 Å². The van der Waals surface area contributed by atoms with Gasteiger partial charge in [-0.25, -0.2) is 8.42 Å². The molecule has 0 bridgehead atoms. The average molecular weight is 313 g/mol. The van der Waals surface area contributed by atoms with Crippen molar-refractivity contribution in [1.29, 1.82) is 0 Å². The second-order valence-corrected chi connectivity index (χ2v) is 6.76. The molecule has 0 fully saturated rings. The van der Waals surface area contributed by atoms with E-state index < -0.39 is 10.0 Å². The van der Waals surface area contributed by atoms with E-state index in [2.05, 4.69) is 6.58 Å². The second-order valence-electron chi connectivity index (χ2n) is 4.90. The zero-order valence-electron chi connectivity index (χ0n) is 12.7. The molecule has 0 heterocycles. The van der Waals surface area contributed by atoms with Crippen LogP contribution in [0.1, 0.15) is 19.4 Å². The molecule has 0 unspecified atom stereocenters. The number of aliphatic hydroxyl groups excluding tert-OH is 1. The van der Waals surface area contributed by atoms with E-state index in [0.29, 0.717) is 11.3 Å². The van der Waals surface area contributed by atoms with Gasteiger partial charge in [0.05, 0.1) is 12.0 Å². The Labute approximate surface area is 126 Å². The first kappa shape index (κ1) is 17.7. The predicted molar refractivity (Wildman–Crippen MR) is 83.0 cm³/mol. The van der Waals surface area contributed by atoms with Crippen LogP contribution in [0.2, 0.25) is 0 Å². The van der Waals surface area contributed by atoms with Crippen molar-refractivity contribution in [3.63, 3.8) is 0 Å². The molecule has 5 nitrogen and oxygen atoms in total. The van der Waals surface area contributed by atoms with Crippen molar-refractivity contribution in [2.24, 2.45) is 0 Å². The molecule has 0 atom stereocenters. The van der Waals surface area contributed by atoms with Gasteiger partial charge < -0.3 is 9.84 Å². The van der Waals surface area contributed by atoms with Crippen molar-refractivity contribution in [1.82, 2.24) is 4.31 Å². The van der Waals surface area contributed by atoms with Crippen molar-refractivity contribution < 1.29 is 18.3 Å². The molecule has 0 saturated heterocycles. The third kappa shape index (κ3) is 4.06. The average Bonchev–Trinajstić information content (AvgIpc) is 2.44. The molecule has 0 amide bonds. The molecular weight excluding hydrogens is 290 g/mol. The number of hydrogen-bond acceptors (Lipinski definition) is 4. The summed E-state index contributed by atoms with van der Waals surface area (Å²) >= 11 is 0. The summed E-state index contributed by atoms with van der Waals surface area (Å²) in [6.07, 6.45) is 1.82. The Hall–Kier alpha value is -1.37. The molecule has 1 rings (SSSR count). The summed E-state index contributed by atoms with van der Waals surface area (Å²) in [4.78, 5) is 0.202. The van der Waals surface area contributed by atoms with Crippen LogP contribution in [0.25, 0.3) is 0 Å². The second kappa shape index (κ2) is 7.59. The standard InChI is InChI=1S/C15H23NO4S/c1-5-9-16(12(2)3)21(18,19)15-7-6-14(20-4)11-13(15)8-10-17/h5-7,11-12,17H,1,8-10H2,2-4H3. The molecule has 0 aliphatic heterocycles. The van der Waals surface area contributed by atoms with Gasteiger partial charge in [-0.15, -0.1) is 6.58 Å². The Morgan fingerprint density at radius 1 is 1.43 bits per heavy atom. The minimum Gasteiger partial charge on any atom is -0.497 e. The Balaban J connectivity index is 3.38. The van der Waals surface area contributed by atoms with E-state index >= 15 is 0 Å². The third-order valence-electron chi connectivity index (χ3n) is 3.12. The topological polar surface area (TPSA) is 66.8 Å². The highest BCUT2D eigenvalue weighted by Crippen LogP contribution is 2.26. The summed E-state index contributed by atoms with van der Waals surface area (Å²) < 4.78 is 32.1. The highest BCUT2D eigenvalue weighted by molar-refractivity contribution is 7.89. The maximum atomic E-state index is 12.8. The SMILES string of the molecule is C=CCN(C(C)C)S(=O)(=O)c1ccc(OC)cc1CCO. The lowest BCUT2D eigenvalue weighted by molar-refractivity contribution is 0.298. The molecule has 0 aromatic heterocycles. The maximum absolute atomic E-state index is 12.8. The maximum Gasteiger partial charge on any atom is 0.243 e. The van der Waals surface area contributed by atoms with Gasteiger partial charge in [-0.2, -0.15) is 4.31 Å². The van der Waals surface area contributed by atoms with Crippen molar-refractivity contribution in [2.45, 2.75) is 31.2 Å². The van der Waals surface area contributed by atoms with Crippen molar-refractivity contribution >= 4 is 10.0 Å². The molecule has 0 radical (unpaired) electrons. The summed E-state index contributed by atoms with van der Waals surface area (Å²) in [5, 5.41) is 9.16. The van der Waals surface area contributed by atoms with Crippen molar-refractivity contribution in [2.75, 3.05) is 20.3 Å². The van der Waals surface area contributed by atoms with Crippen LogP contribution in [0.4, 0.5) is 0 Å². The normalized spacial score (nSPS) is 11.9. The lowest BCUT2D eigenvalue weighted by atomic mass is 10.1. The van der Waals surface area contributed by atoms with Gasteiger partial charge in [-0.05, 0) is 44.0 Å². The minimum atomic E-state index is -3.64. The number of sulfonamides is 1. The molecule has 118 valence electrons. The lowest BCUT2D eigenvalue weighted by Gasteiger charge is -2.25. The van der Waals surface area contributed by atoms with Gasteiger partial charge in [0.25, 0.3) is 0 Å². The molecule has 0 spiro atoms. The van der Waals surface area contributed by atoms with Crippen LogP contribution in [0, 0.1) is 0 Å². The molecule has 1 aromatic carbocycles. The fourth-order valence-electron chi connectivity index (χ4n) is 2.09. The molecule has 21 heavy (non-hydrogen) atoms. The first-order chi connectivity index (χ1) is 9.88. The van der Waals surface area contributed by atoms with Gasteiger partial charge in [0.1, 0.15) is 5.75 Å². The van der Waals surface area contributed by atoms with Crippen LogP contribution in [-0.4, -0.2) is 44.1 Å². The highest BCUT2D eigenvalue weighted by atomic mass is 32.2. The predicted octanol–water partition coefficient (Wildman–Crippen LogP) is 1.82. The highest BCUT2D eigenvalue weighted by Gasteiger charge is 2.28. The number of methoxy groups -OCH3 is 1. The van der Waals surface area contributed by atoms with Crippen molar-refractivity contribution in [3.05, 3.63) is 36.4 Å². The Kier molecular flexibility index (Phi) is 6.39. The van der Waals surface area contributed by atoms with E-state index in [1.165, 1.54) is 17.5 Å². The van der Waals surface area contributed by atoms with Crippen LogP contribution in [-0.2, 0) is 16.4 Å². The number of nitrogens with zero attached hydrogens (tertiary/aromatic N) is 1. The number of rotatable bonds is 8. The number of aliphatic hydroxyl groups is 1. The number of ether oxygens (including phenoxy) is 1. The van der Waals surface area contributed by atoms with E-state index in [1.54, 1.807) is 18.2 Å². The van der Waals surface area contributed by atoms with Crippen LogP contribution < -0.4 is 4.74 Å². The van der Waals surface area contributed by atoms with E-state index in [9.17, 15) is 8.42 Å². The van der Waals surface area contributed by atoms with Gasteiger partial charge in [0.15, 0.2) is 0 Å². The monoisotopic (exact) mass is 313 g/mol. The van der Waals surface area contributed by atoms with Crippen LogP contribution in [0.5, 0.6) is 5.75 Å². The summed E-state index contributed by atoms with van der Waals surface area (Å²) in [5.41, 5.74) is 0.548. The zero-order valence-corrected chi connectivity index (χ0v) is 13.6. The Bertz CT molecular complexity index is 581. The van der Waals surface area contributed by atoms with Gasteiger partial charge >= 0.3 is 0 Å². The fourth-order valence-corrected chi connectivity index (χ4v) is 3.93. The quantitative estimate of drug-likeness (QED) is 0.743. The Morgan fingerprint density at radius 3 is 2.57 bits per heavy atom. The van der Waals surface area contributed by atoms with Crippen LogP contribution >= 0.6 is 0 Å². The summed E-state index contributed by atoms with van der Waals surface area (Å²) in [6, 6.07) is 4.60. The van der Waals surface area contributed by atoms with Gasteiger partial charge in [-0.1, -0.05) is 6.08 Å². The first-order valence-corrected chi connectivity index (χ1v) is 8.23. The molecule has 1 N–H and O–H groups in total. The first-order valence-electron chi connectivity index (χ1n) is 6.79. The molecule has 0 saturated carbocycles. The van der Waals surface area contributed by atoms with Crippen molar-refractivity contribution in [3.8, 4) is 5.75 Å². The van der Waals surface area contributed by atoms with E-state index in [0.717, 1.165) is 0 Å².